The van der Waals surface area contributed by atoms with Crippen molar-refractivity contribution in [2.45, 2.75) is 23.5 Å². The average molecular weight is 361 g/mol. The van der Waals surface area contributed by atoms with Crippen LogP contribution in [0.15, 0.2) is 18.2 Å². The van der Waals surface area contributed by atoms with E-state index in [1.807, 2.05) is 18.2 Å². The second kappa shape index (κ2) is 7.87. The van der Waals surface area contributed by atoms with Gasteiger partial charge in [-0.15, -0.1) is 0 Å². The second-order valence-electron chi connectivity index (χ2n) is 4.73. The van der Waals surface area contributed by atoms with Gasteiger partial charge in [0.15, 0.2) is 11.5 Å². The highest BCUT2D eigenvalue weighted by Crippen LogP contribution is 2.42. The Balaban J connectivity index is 2.04. The van der Waals surface area contributed by atoms with Crippen molar-refractivity contribution < 1.29 is 23.7 Å². The van der Waals surface area contributed by atoms with Crippen molar-refractivity contribution in [2.75, 3.05) is 34.5 Å². The first-order chi connectivity index (χ1) is 10.2. The maximum absolute atomic E-state index is 6.06. The van der Waals surface area contributed by atoms with Gasteiger partial charge in [0.05, 0.1) is 27.4 Å². The van der Waals surface area contributed by atoms with Crippen molar-refractivity contribution in [3.8, 4) is 17.2 Å². The van der Waals surface area contributed by atoms with Crippen molar-refractivity contribution >= 4 is 15.9 Å². The third-order valence-corrected chi connectivity index (χ3v) is 4.32. The predicted molar refractivity (Wildman–Crippen MR) is 82.9 cm³/mol. The van der Waals surface area contributed by atoms with Gasteiger partial charge in [-0.2, -0.15) is 0 Å². The molecule has 0 aromatic heterocycles. The number of hydrogen-bond donors (Lipinski definition) is 0. The van der Waals surface area contributed by atoms with Gasteiger partial charge in [-0.3, -0.25) is 0 Å². The van der Waals surface area contributed by atoms with E-state index in [2.05, 4.69) is 15.9 Å². The van der Waals surface area contributed by atoms with E-state index >= 15 is 0 Å². The summed E-state index contributed by atoms with van der Waals surface area (Å²) in [5.74, 6) is 1.93. The summed E-state index contributed by atoms with van der Waals surface area (Å²) < 4.78 is 27.5. The Morgan fingerprint density at radius 1 is 1.10 bits per heavy atom. The fraction of sp³-hybridized carbons (Fsp3) is 0.600. The van der Waals surface area contributed by atoms with Crippen LogP contribution in [-0.2, 0) is 9.47 Å². The molecule has 1 fully saturated rings. The molecule has 0 aliphatic heterocycles. The SMILES string of the molecule is COCCOC1C(Br)CC1Oc1c(OC)cccc1OC. The Labute approximate surface area is 133 Å². The first kappa shape index (κ1) is 16.4. The lowest BCUT2D eigenvalue weighted by atomic mass is 9.91. The van der Waals surface area contributed by atoms with Crippen LogP contribution in [0.4, 0.5) is 0 Å². The van der Waals surface area contributed by atoms with Crippen LogP contribution in [0.5, 0.6) is 17.2 Å². The van der Waals surface area contributed by atoms with Crippen LogP contribution in [0, 0.1) is 0 Å². The quantitative estimate of drug-likeness (QED) is 0.526. The number of benzene rings is 1. The minimum Gasteiger partial charge on any atom is -0.493 e. The van der Waals surface area contributed by atoms with Crippen LogP contribution >= 0.6 is 15.9 Å². The molecule has 1 aliphatic rings. The summed E-state index contributed by atoms with van der Waals surface area (Å²) >= 11 is 3.60. The molecule has 1 aliphatic carbocycles. The van der Waals surface area contributed by atoms with Gasteiger partial charge in [0.2, 0.25) is 5.75 Å². The third-order valence-electron chi connectivity index (χ3n) is 3.43. The van der Waals surface area contributed by atoms with Gasteiger partial charge in [-0.05, 0) is 12.1 Å². The highest BCUT2D eigenvalue weighted by Gasteiger charge is 2.43. The summed E-state index contributed by atoms with van der Waals surface area (Å²) in [6, 6.07) is 5.57. The Bertz CT molecular complexity index is 431. The molecule has 1 aromatic carbocycles. The smallest absolute Gasteiger partial charge is 0.203 e. The third kappa shape index (κ3) is 3.81. The van der Waals surface area contributed by atoms with E-state index in [1.54, 1.807) is 21.3 Å². The van der Waals surface area contributed by atoms with Gasteiger partial charge >= 0.3 is 0 Å². The van der Waals surface area contributed by atoms with Crippen LogP contribution in [0.1, 0.15) is 6.42 Å². The van der Waals surface area contributed by atoms with Crippen molar-refractivity contribution in [3.63, 3.8) is 0 Å². The van der Waals surface area contributed by atoms with E-state index in [0.29, 0.717) is 35.3 Å². The lowest BCUT2D eigenvalue weighted by Crippen LogP contribution is -2.52. The monoisotopic (exact) mass is 360 g/mol. The molecule has 2 rings (SSSR count). The topological polar surface area (TPSA) is 46.2 Å². The molecule has 3 unspecified atom stereocenters. The molecular weight excluding hydrogens is 340 g/mol. The Morgan fingerprint density at radius 2 is 1.76 bits per heavy atom. The highest BCUT2D eigenvalue weighted by molar-refractivity contribution is 9.09. The standard InChI is InChI=1S/C15H21BrO5/c1-17-7-8-20-14-10(16)9-13(14)21-15-11(18-2)5-4-6-12(15)19-3/h4-6,10,13-14H,7-9H2,1-3H3. The molecule has 0 radical (unpaired) electrons. The number of para-hydroxylation sites is 1. The molecule has 6 heteroatoms. The van der Waals surface area contributed by atoms with E-state index in [9.17, 15) is 0 Å². The molecule has 5 nitrogen and oxygen atoms in total. The van der Waals surface area contributed by atoms with Crippen molar-refractivity contribution in [1.29, 1.82) is 0 Å². The van der Waals surface area contributed by atoms with Crippen molar-refractivity contribution in [2.24, 2.45) is 0 Å². The van der Waals surface area contributed by atoms with E-state index in [4.69, 9.17) is 23.7 Å². The summed E-state index contributed by atoms with van der Waals surface area (Å²) in [5.41, 5.74) is 0. The lowest BCUT2D eigenvalue weighted by Gasteiger charge is -2.41. The molecule has 3 atom stereocenters. The summed E-state index contributed by atoms with van der Waals surface area (Å²) in [6.45, 7) is 1.12. The molecule has 118 valence electrons. The number of alkyl halides is 1. The zero-order valence-corrected chi connectivity index (χ0v) is 14.1. The maximum atomic E-state index is 6.06. The molecule has 0 amide bonds. The number of ether oxygens (including phenoxy) is 5. The minimum absolute atomic E-state index is 0.00484. The largest absolute Gasteiger partial charge is 0.493 e. The normalized spacial score (nSPS) is 24.3. The number of methoxy groups -OCH3 is 3. The molecule has 21 heavy (non-hydrogen) atoms. The zero-order valence-electron chi connectivity index (χ0n) is 12.5. The number of rotatable bonds is 8. The van der Waals surface area contributed by atoms with Crippen LogP contribution < -0.4 is 14.2 Å². The van der Waals surface area contributed by atoms with E-state index in [0.717, 1.165) is 6.42 Å². The zero-order chi connectivity index (χ0) is 15.2. The van der Waals surface area contributed by atoms with Crippen LogP contribution in [0.3, 0.4) is 0 Å². The lowest BCUT2D eigenvalue weighted by molar-refractivity contribution is -0.0875. The molecule has 1 saturated carbocycles. The first-order valence-corrected chi connectivity index (χ1v) is 7.75. The Morgan fingerprint density at radius 3 is 2.29 bits per heavy atom. The fourth-order valence-corrected chi connectivity index (χ4v) is 3.07. The molecule has 0 spiro atoms. The van der Waals surface area contributed by atoms with Gasteiger partial charge in [-0.1, -0.05) is 22.0 Å². The number of hydrogen-bond acceptors (Lipinski definition) is 5. The van der Waals surface area contributed by atoms with E-state index < -0.39 is 0 Å². The van der Waals surface area contributed by atoms with Gasteiger partial charge in [0.25, 0.3) is 0 Å². The van der Waals surface area contributed by atoms with Gasteiger partial charge in [-0.25, -0.2) is 0 Å². The molecule has 0 saturated heterocycles. The Hall–Kier alpha value is -0.980. The summed E-state index contributed by atoms with van der Waals surface area (Å²) in [6.07, 6.45) is 0.838. The molecule has 0 bridgehead atoms. The summed E-state index contributed by atoms with van der Waals surface area (Å²) in [4.78, 5) is 0.292. The molecule has 1 aromatic rings. The van der Waals surface area contributed by atoms with Crippen LogP contribution in [-0.4, -0.2) is 51.6 Å². The molecule has 0 N–H and O–H groups in total. The summed E-state index contributed by atoms with van der Waals surface area (Å²) in [7, 11) is 4.88. The minimum atomic E-state index is -0.0311. The van der Waals surface area contributed by atoms with Crippen LogP contribution in [0.2, 0.25) is 0 Å². The second-order valence-corrected chi connectivity index (χ2v) is 5.90. The average Bonchev–Trinajstić information content (AvgIpc) is 2.51. The van der Waals surface area contributed by atoms with Crippen molar-refractivity contribution in [1.82, 2.24) is 0 Å². The van der Waals surface area contributed by atoms with Gasteiger partial charge in [0, 0.05) is 18.4 Å². The Kier molecular flexibility index (Phi) is 6.14. The first-order valence-electron chi connectivity index (χ1n) is 6.83. The van der Waals surface area contributed by atoms with Gasteiger partial charge in [0.1, 0.15) is 12.2 Å². The molecule has 0 heterocycles. The highest BCUT2D eigenvalue weighted by atomic mass is 79.9. The predicted octanol–water partition coefficient (Wildman–Crippen LogP) is 2.65. The fourth-order valence-electron chi connectivity index (χ4n) is 2.21. The van der Waals surface area contributed by atoms with Gasteiger partial charge < -0.3 is 23.7 Å². The maximum Gasteiger partial charge on any atom is 0.203 e. The molecular formula is C15H21BrO5. The van der Waals surface area contributed by atoms with Crippen LogP contribution in [0.25, 0.3) is 0 Å². The summed E-state index contributed by atoms with van der Waals surface area (Å²) in [5, 5.41) is 0. The number of halogens is 1. The van der Waals surface area contributed by atoms with Crippen molar-refractivity contribution in [3.05, 3.63) is 18.2 Å². The van der Waals surface area contributed by atoms with E-state index in [1.165, 1.54) is 0 Å². The van der Waals surface area contributed by atoms with E-state index in [-0.39, 0.29) is 12.2 Å².